The minimum atomic E-state index is -2.04. The molecule has 0 saturated heterocycles. The van der Waals surface area contributed by atoms with Gasteiger partial charge in [-0.25, -0.2) is 0 Å². The van der Waals surface area contributed by atoms with Crippen molar-refractivity contribution in [3.8, 4) is 0 Å². The van der Waals surface area contributed by atoms with E-state index in [1.54, 1.807) is 0 Å². The normalized spacial score (nSPS) is 16.0. The minimum absolute atomic E-state index is 0.0685. The van der Waals surface area contributed by atoms with E-state index in [0.29, 0.717) is 0 Å². The molecule has 4 amide bonds. The number of carboxylic acids is 1. The van der Waals surface area contributed by atoms with Crippen molar-refractivity contribution in [3.05, 3.63) is 0 Å². The van der Waals surface area contributed by atoms with Crippen molar-refractivity contribution in [2.75, 3.05) is 20.3 Å². The summed E-state index contributed by atoms with van der Waals surface area (Å²) >= 11 is 0. The van der Waals surface area contributed by atoms with E-state index in [-0.39, 0.29) is 19.0 Å². The number of aliphatic hydroxyl groups excluding tert-OH is 3. The molecule has 9 N–H and O–H groups in total. The van der Waals surface area contributed by atoms with Crippen LogP contribution < -0.4 is 21.7 Å². The lowest BCUT2D eigenvalue weighted by atomic mass is 10.0. The van der Waals surface area contributed by atoms with E-state index in [1.165, 1.54) is 6.92 Å². The first-order valence-electron chi connectivity index (χ1n) is 11.7. The number of hydrogen-bond donors (Lipinski definition) is 8. The Morgan fingerprint density at radius 1 is 0.975 bits per heavy atom. The third-order valence-electron chi connectivity index (χ3n) is 5.30. The van der Waals surface area contributed by atoms with Gasteiger partial charge < -0.3 is 61.2 Å². The van der Waals surface area contributed by atoms with Crippen molar-refractivity contribution in [2.45, 2.75) is 62.6 Å². The van der Waals surface area contributed by atoms with Gasteiger partial charge in [-0.3, -0.25) is 28.8 Å². The van der Waals surface area contributed by atoms with Gasteiger partial charge in [0, 0.05) is 12.8 Å². The van der Waals surface area contributed by atoms with Crippen molar-refractivity contribution in [3.63, 3.8) is 0 Å². The number of amides is 4. The third kappa shape index (κ3) is 12.7. The number of rotatable bonds is 20. The number of nitrogens with two attached hydrogens (primary N) is 1. The van der Waals surface area contributed by atoms with Crippen LogP contribution in [0.15, 0.2) is 0 Å². The lowest BCUT2D eigenvalue weighted by molar-refractivity contribution is -0.151. The summed E-state index contributed by atoms with van der Waals surface area (Å²) in [4.78, 5) is 93.3. The molecular formula is C22H34N4O14. The Labute approximate surface area is 227 Å². The highest BCUT2D eigenvalue weighted by atomic mass is 16.5. The van der Waals surface area contributed by atoms with E-state index in [4.69, 9.17) is 20.7 Å². The minimum Gasteiger partial charge on any atom is -0.481 e. The fraction of sp³-hybridized carbons (Fsp3) is 0.636. The van der Waals surface area contributed by atoms with Crippen LogP contribution in [-0.4, -0.2) is 125 Å². The first kappa shape index (κ1) is 36.0. The van der Waals surface area contributed by atoms with Crippen molar-refractivity contribution < 1.29 is 68.3 Å². The number of methoxy groups -OCH3 is 1. The van der Waals surface area contributed by atoms with E-state index in [0.717, 1.165) is 7.11 Å². The summed E-state index contributed by atoms with van der Waals surface area (Å²) in [6.07, 6.45) is -7.11. The molecule has 18 nitrogen and oxygen atoms in total. The van der Waals surface area contributed by atoms with Crippen molar-refractivity contribution in [1.82, 2.24) is 16.0 Å². The van der Waals surface area contributed by atoms with E-state index in [2.05, 4.69) is 20.7 Å². The SMILES string of the molecule is COC(=O)C(C=O)CC(=O)N[C@@H](C=O)[C@@H](OCC(=O)NC(C)C(=O)NC(CCC(=O)O)C(N)=O)[C@H](O)[C@H](O)CO. The van der Waals surface area contributed by atoms with Crippen LogP contribution in [0.25, 0.3) is 0 Å². The van der Waals surface area contributed by atoms with Crippen LogP contribution in [0.1, 0.15) is 26.2 Å². The molecule has 0 spiro atoms. The topological polar surface area (TPSA) is 298 Å². The number of hydrogen-bond acceptors (Lipinski definition) is 13. The average molecular weight is 579 g/mol. The highest BCUT2D eigenvalue weighted by molar-refractivity contribution is 5.94. The second-order valence-corrected chi connectivity index (χ2v) is 8.40. The molecule has 0 aliphatic rings. The molecule has 0 aliphatic heterocycles. The van der Waals surface area contributed by atoms with Gasteiger partial charge in [0.25, 0.3) is 0 Å². The van der Waals surface area contributed by atoms with Crippen LogP contribution >= 0.6 is 0 Å². The van der Waals surface area contributed by atoms with Crippen molar-refractivity contribution in [2.24, 2.45) is 11.7 Å². The van der Waals surface area contributed by atoms with Crippen LogP contribution in [0.3, 0.4) is 0 Å². The molecule has 0 heterocycles. The fourth-order valence-electron chi connectivity index (χ4n) is 3.09. The van der Waals surface area contributed by atoms with E-state index in [9.17, 15) is 48.6 Å². The number of ether oxygens (including phenoxy) is 2. The van der Waals surface area contributed by atoms with Crippen LogP contribution in [0.4, 0.5) is 0 Å². The van der Waals surface area contributed by atoms with Gasteiger partial charge in [-0.05, 0) is 13.3 Å². The lowest BCUT2D eigenvalue weighted by Crippen LogP contribution is -2.56. The van der Waals surface area contributed by atoms with Crippen molar-refractivity contribution >= 4 is 48.1 Å². The first-order chi connectivity index (χ1) is 18.7. The maximum atomic E-state index is 12.3. The molecule has 0 rings (SSSR count). The Hall–Kier alpha value is -4.00. The largest absolute Gasteiger partial charge is 0.481 e. The second kappa shape index (κ2) is 18.3. The van der Waals surface area contributed by atoms with Crippen molar-refractivity contribution in [1.29, 1.82) is 0 Å². The Bertz CT molecular complexity index is 929. The van der Waals surface area contributed by atoms with Crippen LogP contribution in [-0.2, 0) is 47.8 Å². The summed E-state index contributed by atoms with van der Waals surface area (Å²) in [7, 11) is 0.979. The zero-order valence-electron chi connectivity index (χ0n) is 21.7. The zero-order chi connectivity index (χ0) is 31.0. The standard InChI is InChI=1S/C22H34N4O14/c1-10(21(37)26-12(20(23)36)3-4-17(33)34)24-16(32)9-40-19(18(35)14(30)8-29)13(7-28)25-15(31)5-11(6-27)22(38)39-2/h6-7,10-14,18-19,29-30,35H,3-5,8-9H2,1-2H3,(H2,23,36)(H,24,32)(H,25,31)(H,26,37)(H,33,34)/t10?,11?,12?,13-,14+,18+,19+/m0/s1. The predicted molar refractivity (Wildman–Crippen MR) is 129 cm³/mol. The van der Waals surface area contributed by atoms with Gasteiger partial charge in [-0.1, -0.05) is 0 Å². The summed E-state index contributed by atoms with van der Waals surface area (Å²) in [5, 5.41) is 44.4. The molecule has 0 aromatic heterocycles. The number of primary amides is 1. The molecule has 0 saturated carbocycles. The van der Waals surface area contributed by atoms with E-state index < -0.39 is 104 Å². The Morgan fingerprint density at radius 3 is 2.08 bits per heavy atom. The monoisotopic (exact) mass is 578 g/mol. The number of aliphatic hydroxyl groups is 3. The molecule has 0 aromatic carbocycles. The smallest absolute Gasteiger partial charge is 0.316 e. The number of aliphatic carboxylic acids is 1. The van der Waals surface area contributed by atoms with Gasteiger partial charge in [-0.15, -0.1) is 0 Å². The molecule has 0 fully saturated rings. The molecule has 226 valence electrons. The number of esters is 1. The summed E-state index contributed by atoms with van der Waals surface area (Å²) in [6, 6.07) is -4.41. The molecule has 18 heteroatoms. The zero-order valence-corrected chi connectivity index (χ0v) is 21.7. The fourth-order valence-corrected chi connectivity index (χ4v) is 3.09. The predicted octanol–water partition coefficient (Wildman–Crippen LogP) is -5.51. The number of nitrogens with one attached hydrogen (secondary N) is 3. The third-order valence-corrected chi connectivity index (χ3v) is 5.30. The highest BCUT2D eigenvalue weighted by Crippen LogP contribution is 2.11. The van der Waals surface area contributed by atoms with Crippen LogP contribution in [0.2, 0.25) is 0 Å². The van der Waals surface area contributed by atoms with Gasteiger partial charge in [0.2, 0.25) is 23.6 Å². The first-order valence-corrected chi connectivity index (χ1v) is 11.7. The summed E-state index contributed by atoms with van der Waals surface area (Å²) in [6.45, 7) is -0.777. The van der Waals surface area contributed by atoms with E-state index >= 15 is 0 Å². The summed E-state index contributed by atoms with van der Waals surface area (Å²) in [5.41, 5.74) is 5.14. The van der Waals surface area contributed by atoms with Gasteiger partial charge in [0.15, 0.2) is 0 Å². The molecular weight excluding hydrogens is 544 g/mol. The van der Waals surface area contributed by atoms with Crippen LogP contribution in [0.5, 0.6) is 0 Å². The Morgan fingerprint density at radius 2 is 1.60 bits per heavy atom. The maximum Gasteiger partial charge on any atom is 0.316 e. The number of carboxylic acid groups (broad SMARTS) is 1. The summed E-state index contributed by atoms with van der Waals surface area (Å²) < 4.78 is 9.57. The molecule has 0 radical (unpaired) electrons. The van der Waals surface area contributed by atoms with Gasteiger partial charge in [0.05, 0.1) is 13.7 Å². The van der Waals surface area contributed by atoms with Gasteiger partial charge >= 0.3 is 11.9 Å². The molecule has 0 aliphatic carbocycles. The van der Waals surface area contributed by atoms with Gasteiger partial charge in [-0.2, -0.15) is 0 Å². The molecule has 40 heavy (non-hydrogen) atoms. The quantitative estimate of drug-likeness (QED) is 0.0380. The lowest BCUT2D eigenvalue weighted by Gasteiger charge is -2.30. The average Bonchev–Trinajstić information content (AvgIpc) is 2.91. The molecule has 3 unspecified atom stereocenters. The van der Waals surface area contributed by atoms with Crippen LogP contribution in [0, 0.1) is 5.92 Å². The Balaban J connectivity index is 5.38. The summed E-state index contributed by atoms with van der Waals surface area (Å²) in [5.74, 6) is -7.76. The number of carbonyl (C=O) groups is 8. The number of aldehydes is 2. The maximum absolute atomic E-state index is 12.3. The van der Waals surface area contributed by atoms with E-state index in [1.807, 2.05) is 0 Å². The second-order valence-electron chi connectivity index (χ2n) is 8.40. The highest BCUT2D eigenvalue weighted by Gasteiger charge is 2.36. The Kier molecular flexibility index (Phi) is 16.5. The molecule has 7 atom stereocenters. The molecule has 0 aromatic rings. The molecule has 0 bridgehead atoms. The van der Waals surface area contributed by atoms with Gasteiger partial charge in [0.1, 0.15) is 61.5 Å². The number of carbonyl (C=O) groups excluding carboxylic acids is 7.